The molecule has 5 heteroatoms. The van der Waals surface area contributed by atoms with Gasteiger partial charge in [0.2, 0.25) is 5.91 Å². The number of benzene rings is 3. The fraction of sp³-hybridized carbons (Fsp3) is 0.321. The van der Waals surface area contributed by atoms with E-state index < -0.39 is 5.41 Å². The second-order valence-electron chi connectivity index (χ2n) is 9.46. The van der Waals surface area contributed by atoms with Gasteiger partial charge >= 0.3 is 0 Å². The normalized spacial score (nSPS) is 15.2. The zero-order chi connectivity index (χ0) is 23.5. The summed E-state index contributed by atoms with van der Waals surface area (Å²) in [5.41, 5.74) is 7.09. The Morgan fingerprint density at radius 3 is 2.03 bits per heavy atom. The first-order valence-corrected chi connectivity index (χ1v) is 12.3. The third kappa shape index (κ3) is 4.94. The number of hydrogen-bond donors (Lipinski definition) is 2. The largest absolute Gasteiger partial charge is 0.508 e. The number of nitrogens with zero attached hydrogens (tertiary/aromatic N) is 1. The molecule has 1 aliphatic heterocycles. The summed E-state index contributed by atoms with van der Waals surface area (Å²) < 4.78 is 0. The maximum atomic E-state index is 13.1. The monoisotopic (exact) mass is 460 g/mol. The highest BCUT2D eigenvalue weighted by molar-refractivity contribution is 8.00. The average molecular weight is 461 g/mol. The molecule has 0 spiro atoms. The number of carbonyl (C=O) groups excluding carboxylic acids is 1. The molecule has 4 rings (SSSR count). The van der Waals surface area contributed by atoms with Crippen LogP contribution in [0.1, 0.15) is 37.8 Å². The van der Waals surface area contributed by atoms with E-state index in [9.17, 15) is 9.90 Å². The molecule has 33 heavy (non-hydrogen) atoms. The van der Waals surface area contributed by atoms with Crippen molar-refractivity contribution in [1.82, 2.24) is 4.90 Å². The average Bonchev–Trinajstić information content (AvgIpc) is 2.77. The number of aromatic hydroxyl groups is 1. The van der Waals surface area contributed by atoms with E-state index in [2.05, 4.69) is 18.7 Å². The topological polar surface area (TPSA) is 66.6 Å². The third-order valence-corrected chi connectivity index (χ3v) is 8.05. The minimum Gasteiger partial charge on any atom is -0.508 e. The van der Waals surface area contributed by atoms with Crippen LogP contribution in [0.4, 0.5) is 0 Å². The Labute approximate surface area is 200 Å². The zero-order valence-corrected chi connectivity index (χ0v) is 20.1. The van der Waals surface area contributed by atoms with Gasteiger partial charge in [0.1, 0.15) is 5.75 Å². The van der Waals surface area contributed by atoms with Gasteiger partial charge < -0.3 is 10.8 Å². The van der Waals surface area contributed by atoms with Crippen LogP contribution >= 0.6 is 11.8 Å². The lowest BCUT2D eigenvalue weighted by Gasteiger charge is -2.50. The molecule has 1 aliphatic rings. The smallest absolute Gasteiger partial charge is 0.232 e. The standard InChI is InChI=1S/C28H32N2O2S/c1-27(2,30-19-25(20-30)33-24-15-9-14-23(31)18-24)16-17-28(26(29)32,21-10-5-3-6-11-21)22-12-7-4-8-13-22/h3-15,18,25,31H,16-17,19-20H2,1-2H3,(H2,29,32). The van der Waals surface area contributed by atoms with E-state index >= 15 is 0 Å². The number of likely N-dealkylation sites (tertiary alicyclic amines) is 1. The maximum absolute atomic E-state index is 13.1. The first-order valence-electron chi connectivity index (χ1n) is 11.4. The van der Waals surface area contributed by atoms with Crippen molar-refractivity contribution in [2.24, 2.45) is 5.73 Å². The number of hydrogen-bond acceptors (Lipinski definition) is 4. The van der Waals surface area contributed by atoms with Crippen molar-refractivity contribution in [3.8, 4) is 5.75 Å². The summed E-state index contributed by atoms with van der Waals surface area (Å²) in [6, 6.07) is 27.3. The van der Waals surface area contributed by atoms with Crippen LogP contribution in [-0.2, 0) is 10.2 Å². The van der Waals surface area contributed by atoms with Crippen molar-refractivity contribution < 1.29 is 9.90 Å². The molecule has 172 valence electrons. The minimum absolute atomic E-state index is 0.0693. The number of thioether (sulfide) groups is 1. The van der Waals surface area contributed by atoms with Crippen molar-refractivity contribution in [2.45, 2.75) is 47.8 Å². The molecule has 1 amide bonds. The molecule has 1 fully saturated rings. The van der Waals surface area contributed by atoms with Gasteiger partial charge in [0.05, 0.1) is 5.41 Å². The van der Waals surface area contributed by atoms with Crippen LogP contribution < -0.4 is 5.73 Å². The van der Waals surface area contributed by atoms with Gasteiger partial charge in [-0.15, -0.1) is 11.8 Å². The Bertz CT molecular complexity index is 1040. The van der Waals surface area contributed by atoms with Gasteiger partial charge in [0.15, 0.2) is 0 Å². The number of rotatable bonds is 9. The summed E-state index contributed by atoms with van der Waals surface area (Å²) in [7, 11) is 0. The summed E-state index contributed by atoms with van der Waals surface area (Å²) >= 11 is 1.81. The maximum Gasteiger partial charge on any atom is 0.232 e. The number of phenolic OH excluding ortho intramolecular Hbond substituents is 1. The van der Waals surface area contributed by atoms with Crippen LogP contribution in [0.25, 0.3) is 0 Å². The second kappa shape index (κ2) is 9.62. The Morgan fingerprint density at radius 1 is 0.939 bits per heavy atom. The molecule has 3 aromatic rings. The molecule has 1 saturated heterocycles. The molecule has 3 N–H and O–H groups in total. The molecule has 0 bridgehead atoms. The van der Waals surface area contributed by atoms with Crippen LogP contribution in [0.5, 0.6) is 5.75 Å². The SMILES string of the molecule is CC(C)(CCC(C(N)=O)(c1ccccc1)c1ccccc1)N1CC(Sc2cccc(O)c2)C1. The number of carbonyl (C=O) groups is 1. The van der Waals surface area contributed by atoms with Crippen molar-refractivity contribution in [1.29, 1.82) is 0 Å². The van der Waals surface area contributed by atoms with Gasteiger partial charge in [-0.05, 0) is 56.0 Å². The molecule has 0 unspecified atom stereocenters. The lowest BCUT2D eigenvalue weighted by atomic mass is 9.69. The molecule has 3 aromatic carbocycles. The highest BCUT2D eigenvalue weighted by atomic mass is 32.2. The van der Waals surface area contributed by atoms with E-state index in [-0.39, 0.29) is 11.4 Å². The fourth-order valence-electron chi connectivity index (χ4n) is 4.72. The van der Waals surface area contributed by atoms with Crippen LogP contribution in [-0.4, -0.2) is 39.8 Å². The van der Waals surface area contributed by atoms with Gasteiger partial charge in [0, 0.05) is 28.8 Å². The first-order chi connectivity index (χ1) is 15.8. The Balaban J connectivity index is 1.49. The molecule has 0 radical (unpaired) electrons. The van der Waals surface area contributed by atoms with E-state index in [4.69, 9.17) is 5.73 Å². The summed E-state index contributed by atoms with van der Waals surface area (Å²) in [6.45, 7) is 6.47. The predicted octanol–water partition coefficient (Wildman–Crippen LogP) is 5.20. The van der Waals surface area contributed by atoms with E-state index in [1.165, 1.54) is 0 Å². The van der Waals surface area contributed by atoms with Crippen LogP contribution in [0.3, 0.4) is 0 Å². The Morgan fingerprint density at radius 2 is 1.52 bits per heavy atom. The van der Waals surface area contributed by atoms with Gasteiger partial charge in [0.25, 0.3) is 0 Å². The van der Waals surface area contributed by atoms with Gasteiger partial charge in [-0.2, -0.15) is 0 Å². The lowest BCUT2D eigenvalue weighted by molar-refractivity contribution is -0.122. The Kier molecular flexibility index (Phi) is 6.82. The predicted molar refractivity (Wildman–Crippen MR) is 135 cm³/mol. The summed E-state index contributed by atoms with van der Waals surface area (Å²) in [6.07, 6.45) is 1.48. The third-order valence-electron chi connectivity index (χ3n) is 6.89. The zero-order valence-electron chi connectivity index (χ0n) is 19.3. The fourth-order valence-corrected chi connectivity index (χ4v) is 5.96. The highest BCUT2D eigenvalue weighted by Crippen LogP contribution is 2.41. The van der Waals surface area contributed by atoms with Crippen molar-refractivity contribution in [2.75, 3.05) is 13.1 Å². The van der Waals surface area contributed by atoms with E-state index in [1.807, 2.05) is 90.6 Å². The van der Waals surface area contributed by atoms with E-state index in [0.717, 1.165) is 35.5 Å². The molecule has 0 saturated carbocycles. The first kappa shape index (κ1) is 23.4. The number of phenols is 1. The van der Waals surface area contributed by atoms with Crippen molar-refractivity contribution in [3.05, 3.63) is 96.1 Å². The molecule has 1 heterocycles. The van der Waals surface area contributed by atoms with Crippen LogP contribution in [0.15, 0.2) is 89.8 Å². The molecule has 4 nitrogen and oxygen atoms in total. The number of nitrogens with two attached hydrogens (primary N) is 1. The quantitative estimate of drug-likeness (QED) is 0.461. The van der Waals surface area contributed by atoms with Crippen LogP contribution in [0, 0.1) is 0 Å². The van der Waals surface area contributed by atoms with Gasteiger partial charge in [-0.1, -0.05) is 66.7 Å². The van der Waals surface area contributed by atoms with Gasteiger partial charge in [-0.25, -0.2) is 0 Å². The minimum atomic E-state index is -0.861. The molecule has 0 atom stereocenters. The van der Waals surface area contributed by atoms with Crippen LogP contribution in [0.2, 0.25) is 0 Å². The summed E-state index contributed by atoms with van der Waals surface area (Å²) in [5, 5.41) is 10.2. The second-order valence-corrected chi connectivity index (χ2v) is 10.8. The molecule has 0 aromatic heterocycles. The summed E-state index contributed by atoms with van der Waals surface area (Å²) in [5.74, 6) is -0.00208. The number of amides is 1. The van der Waals surface area contributed by atoms with Crippen molar-refractivity contribution in [3.63, 3.8) is 0 Å². The number of primary amides is 1. The van der Waals surface area contributed by atoms with Gasteiger partial charge in [-0.3, -0.25) is 9.69 Å². The summed E-state index contributed by atoms with van der Waals surface area (Å²) in [4.78, 5) is 16.6. The lowest BCUT2D eigenvalue weighted by Crippen LogP contribution is -2.59. The molecular weight excluding hydrogens is 428 g/mol. The Hall–Kier alpha value is -2.76. The van der Waals surface area contributed by atoms with Crippen molar-refractivity contribution >= 4 is 17.7 Å². The van der Waals surface area contributed by atoms with E-state index in [0.29, 0.717) is 17.4 Å². The molecule has 0 aliphatic carbocycles. The van der Waals surface area contributed by atoms with E-state index in [1.54, 1.807) is 6.07 Å². The molecular formula is C28H32N2O2S. The highest BCUT2D eigenvalue weighted by Gasteiger charge is 2.44.